The molecule has 4 rings (SSSR count). The molecule has 0 radical (unpaired) electrons. The van der Waals surface area contributed by atoms with Gasteiger partial charge in [0.05, 0.1) is 5.56 Å². The molecule has 1 saturated heterocycles. The molecule has 0 bridgehead atoms. The van der Waals surface area contributed by atoms with Crippen molar-refractivity contribution in [1.82, 2.24) is 29.7 Å². The summed E-state index contributed by atoms with van der Waals surface area (Å²) < 4.78 is 39.9. The number of alkyl halides is 3. The fourth-order valence-electron chi connectivity index (χ4n) is 3.15. The highest BCUT2D eigenvalue weighted by molar-refractivity contribution is 5.93. The van der Waals surface area contributed by atoms with E-state index in [1.807, 2.05) is 4.90 Å². The molecule has 0 aliphatic carbocycles. The Morgan fingerprint density at radius 3 is 2.64 bits per heavy atom. The Morgan fingerprint density at radius 2 is 1.89 bits per heavy atom. The van der Waals surface area contributed by atoms with Gasteiger partial charge in [0.15, 0.2) is 5.65 Å². The fraction of sp³-hybridized carbons (Fsp3) is 0.353. The normalized spacial score (nSPS) is 15.7. The molecule has 0 unspecified atom stereocenters. The molecule has 1 fully saturated rings. The third-order valence-corrected chi connectivity index (χ3v) is 4.52. The first-order valence-electron chi connectivity index (χ1n) is 8.67. The summed E-state index contributed by atoms with van der Waals surface area (Å²) in [5.41, 5.74) is 0.536. The number of nitrogens with zero attached hydrogens (tertiary/aromatic N) is 7. The van der Waals surface area contributed by atoms with Crippen LogP contribution in [0.2, 0.25) is 0 Å². The Labute approximate surface area is 157 Å². The van der Waals surface area contributed by atoms with Crippen LogP contribution in [0.25, 0.3) is 5.65 Å². The van der Waals surface area contributed by atoms with Crippen molar-refractivity contribution in [2.45, 2.75) is 12.6 Å². The predicted octanol–water partition coefficient (Wildman–Crippen LogP) is 1.89. The van der Waals surface area contributed by atoms with Gasteiger partial charge < -0.3 is 9.80 Å². The summed E-state index contributed by atoms with van der Waals surface area (Å²) in [6, 6.07) is 6.48. The summed E-state index contributed by atoms with van der Waals surface area (Å²) in [7, 11) is 0. The van der Waals surface area contributed by atoms with Crippen LogP contribution >= 0.6 is 0 Å². The topological polar surface area (TPSA) is 79.5 Å². The van der Waals surface area contributed by atoms with E-state index in [1.165, 1.54) is 12.3 Å². The first-order chi connectivity index (χ1) is 13.4. The zero-order chi connectivity index (χ0) is 19.7. The molecule has 8 nitrogen and oxygen atoms in total. The Bertz CT molecular complexity index is 989. The van der Waals surface area contributed by atoms with E-state index in [2.05, 4.69) is 20.3 Å². The van der Waals surface area contributed by atoms with Crippen LogP contribution in [-0.4, -0.2) is 61.8 Å². The average molecular weight is 391 g/mol. The minimum absolute atomic E-state index is 0.0271. The second-order valence-corrected chi connectivity index (χ2v) is 6.36. The lowest BCUT2D eigenvalue weighted by Gasteiger charge is -2.22. The van der Waals surface area contributed by atoms with E-state index >= 15 is 0 Å². The van der Waals surface area contributed by atoms with Crippen molar-refractivity contribution in [2.24, 2.45) is 0 Å². The summed E-state index contributed by atoms with van der Waals surface area (Å²) in [6.07, 6.45) is -0.856. The lowest BCUT2D eigenvalue weighted by Crippen LogP contribution is -2.35. The van der Waals surface area contributed by atoms with Gasteiger partial charge in [-0.25, -0.2) is 0 Å². The number of aromatic nitrogens is 5. The summed E-state index contributed by atoms with van der Waals surface area (Å²) in [5.74, 6) is -0.891. The number of fused-ring (bicyclic) bond motifs is 1. The average Bonchev–Trinajstić information content (AvgIpc) is 2.97. The first-order valence-corrected chi connectivity index (χ1v) is 8.67. The van der Waals surface area contributed by atoms with Gasteiger partial charge in [-0.2, -0.15) is 17.7 Å². The van der Waals surface area contributed by atoms with Gasteiger partial charge in [-0.1, -0.05) is 0 Å². The smallest absolute Gasteiger partial charge is 0.353 e. The molecule has 0 N–H and O–H groups in total. The van der Waals surface area contributed by atoms with Crippen molar-refractivity contribution in [3.05, 3.63) is 48.0 Å². The molecule has 3 aromatic heterocycles. The first kappa shape index (κ1) is 18.1. The minimum Gasteiger partial charge on any atom is -0.353 e. The van der Waals surface area contributed by atoms with Gasteiger partial charge in [-0.3, -0.25) is 9.78 Å². The molecule has 0 aromatic carbocycles. The predicted molar refractivity (Wildman–Crippen MR) is 92.8 cm³/mol. The van der Waals surface area contributed by atoms with E-state index in [9.17, 15) is 18.0 Å². The van der Waals surface area contributed by atoms with Gasteiger partial charge >= 0.3 is 6.18 Å². The number of anilines is 1. The lowest BCUT2D eigenvalue weighted by molar-refractivity contribution is -0.146. The molecule has 4 heterocycles. The SMILES string of the molecule is O=C(c1cccnc1)N1CCCN(c2ccc3nnc(C(F)(F)F)n3n2)CC1. The van der Waals surface area contributed by atoms with Gasteiger partial charge in [0.25, 0.3) is 11.7 Å². The lowest BCUT2D eigenvalue weighted by atomic mass is 10.2. The van der Waals surface area contributed by atoms with Gasteiger partial charge in [0.1, 0.15) is 5.82 Å². The van der Waals surface area contributed by atoms with E-state index in [-0.39, 0.29) is 11.6 Å². The van der Waals surface area contributed by atoms with Crippen molar-refractivity contribution in [3.63, 3.8) is 0 Å². The maximum Gasteiger partial charge on any atom is 0.453 e. The number of amides is 1. The number of halogens is 3. The maximum absolute atomic E-state index is 13.1. The summed E-state index contributed by atoms with van der Waals surface area (Å²) >= 11 is 0. The second kappa shape index (κ2) is 7.06. The maximum atomic E-state index is 13.1. The van der Waals surface area contributed by atoms with E-state index in [0.29, 0.717) is 48.5 Å². The quantitative estimate of drug-likeness (QED) is 0.664. The number of hydrogen-bond donors (Lipinski definition) is 0. The van der Waals surface area contributed by atoms with Crippen LogP contribution in [0.4, 0.5) is 19.0 Å². The van der Waals surface area contributed by atoms with Crippen LogP contribution in [0.3, 0.4) is 0 Å². The molecule has 0 saturated carbocycles. The van der Waals surface area contributed by atoms with Crippen LogP contribution in [-0.2, 0) is 6.18 Å². The Hall–Kier alpha value is -3.24. The summed E-state index contributed by atoms with van der Waals surface area (Å²) in [5, 5.41) is 10.8. The molecule has 1 amide bonds. The largest absolute Gasteiger partial charge is 0.453 e. The highest BCUT2D eigenvalue weighted by atomic mass is 19.4. The second-order valence-electron chi connectivity index (χ2n) is 6.36. The Balaban J connectivity index is 1.54. The summed E-state index contributed by atoms with van der Waals surface area (Å²) in [6.45, 7) is 2.00. The zero-order valence-electron chi connectivity index (χ0n) is 14.7. The van der Waals surface area contributed by atoms with Crippen LogP contribution < -0.4 is 4.90 Å². The van der Waals surface area contributed by atoms with Gasteiger partial charge in [0, 0.05) is 38.6 Å². The number of pyridine rings is 1. The van der Waals surface area contributed by atoms with Crippen LogP contribution in [0.5, 0.6) is 0 Å². The molecule has 0 spiro atoms. The van der Waals surface area contributed by atoms with E-state index in [0.717, 1.165) is 0 Å². The minimum atomic E-state index is -4.64. The Kier molecular flexibility index (Phi) is 4.57. The van der Waals surface area contributed by atoms with Crippen molar-refractivity contribution >= 4 is 17.4 Å². The Morgan fingerprint density at radius 1 is 1.04 bits per heavy atom. The van der Waals surface area contributed by atoms with Crippen LogP contribution in [0.15, 0.2) is 36.7 Å². The number of carbonyl (C=O) groups excluding carboxylic acids is 1. The summed E-state index contributed by atoms with van der Waals surface area (Å²) in [4.78, 5) is 20.1. The van der Waals surface area contributed by atoms with E-state index in [4.69, 9.17) is 0 Å². The molecule has 3 aromatic rings. The molecule has 146 valence electrons. The van der Waals surface area contributed by atoms with Gasteiger partial charge in [-0.15, -0.1) is 15.3 Å². The fourth-order valence-corrected chi connectivity index (χ4v) is 3.15. The molecular weight excluding hydrogens is 375 g/mol. The molecule has 28 heavy (non-hydrogen) atoms. The molecular formula is C17H16F3N7O. The third kappa shape index (κ3) is 3.47. The highest BCUT2D eigenvalue weighted by Gasteiger charge is 2.37. The van der Waals surface area contributed by atoms with Crippen molar-refractivity contribution in [2.75, 3.05) is 31.1 Å². The number of carbonyl (C=O) groups is 1. The van der Waals surface area contributed by atoms with Crippen molar-refractivity contribution in [1.29, 1.82) is 0 Å². The standard InChI is InChI=1S/C17H16F3N7O/c18-17(19,20)16-23-22-13-4-5-14(24-27(13)16)25-7-2-8-26(10-9-25)15(28)12-3-1-6-21-11-12/h1,3-6,11H,2,7-10H2. The number of rotatable bonds is 2. The number of hydrogen-bond acceptors (Lipinski definition) is 6. The zero-order valence-corrected chi connectivity index (χ0v) is 14.7. The third-order valence-electron chi connectivity index (χ3n) is 4.52. The van der Waals surface area contributed by atoms with Crippen molar-refractivity contribution in [3.8, 4) is 0 Å². The van der Waals surface area contributed by atoms with Crippen molar-refractivity contribution < 1.29 is 18.0 Å². The molecule has 11 heteroatoms. The molecule has 0 atom stereocenters. The molecule has 1 aliphatic heterocycles. The van der Waals surface area contributed by atoms with E-state index < -0.39 is 12.0 Å². The molecule has 1 aliphatic rings. The van der Waals surface area contributed by atoms with Gasteiger partial charge in [0.2, 0.25) is 0 Å². The van der Waals surface area contributed by atoms with Crippen LogP contribution in [0, 0.1) is 0 Å². The highest BCUT2D eigenvalue weighted by Crippen LogP contribution is 2.28. The van der Waals surface area contributed by atoms with E-state index in [1.54, 1.807) is 29.3 Å². The van der Waals surface area contributed by atoms with Gasteiger partial charge in [-0.05, 0) is 30.7 Å². The van der Waals surface area contributed by atoms with Crippen LogP contribution in [0.1, 0.15) is 22.6 Å². The monoisotopic (exact) mass is 391 g/mol.